The van der Waals surface area contributed by atoms with E-state index in [2.05, 4.69) is 91.2 Å². The molecule has 0 aliphatic carbocycles. The smallest absolute Gasteiger partial charge is 0.408 e. The van der Waals surface area contributed by atoms with E-state index < -0.39 is 66.9 Å². The Hall–Kier alpha value is -14.1. The fourth-order valence-electron chi connectivity index (χ4n) is 10.8. The zero-order chi connectivity index (χ0) is 109. The van der Waals surface area contributed by atoms with Crippen LogP contribution in [0.15, 0.2) is 168 Å². The van der Waals surface area contributed by atoms with Gasteiger partial charge in [-0.2, -0.15) is 8.42 Å². The molecule has 0 heterocycles. The molecule has 0 unspecified atom stereocenters. The molecular weight excluding hydrogens is 2030 g/mol. The summed E-state index contributed by atoms with van der Waals surface area (Å²) in [5.41, 5.74) is 25.2. The van der Waals surface area contributed by atoms with Crippen molar-refractivity contribution in [2.45, 2.75) is 144 Å². The van der Waals surface area contributed by atoms with Crippen molar-refractivity contribution in [3.63, 3.8) is 0 Å². The number of carbonyl (C=O) groups is 7. The molecule has 8 rings (SSSR count). The molecular formula is C105H129Cl3N6O32S2. The fourth-order valence-corrected chi connectivity index (χ4v) is 12.4. The number of aliphatic hydroxyl groups is 5. The standard InChI is InChI=1S/C38H42N4O10.C20H22O8.C13H20N2O2.C12H18O4.C11H12O4S.C7H7ClO2S.C4H6O2.2ClH/c1-3-47-35(43)31-21-34(50-16-6-8-18-52-38(46)42-26-30-14-10-12-28(20-30)24-40)32(36(44)48-4-2)22-33(31)49-15-5-7-17-51-37(45)41-25-29-13-9-11-27(19-29)23-39;1-3-25-19(23)15-13-18(28-12-8-6-10-22)16(20(24)26-4-2)14-17(15)27-11-7-5-9-21;1-13(2,3)17-12(16)15-9-11-6-4-5-10(7-11)8-14;1-3-15-7-9-5-12(14)10(6-11(9)13)8-16-4-2;1-10-4-6-11(7-5-10)16(13,14)15-9-3-2-8-12;1-6-2-4-7(5-3-6)11(8,9)10;5-3-1-2-4-6;;/h9-14,19-22H,3-4,15-18,23-26,39-40H2,1-2H3,(H,41,45)(H,42,46);13-14,21-22H,3-4,9-12H2,1-2H3;4-7H,8-9,14H2,1-3H3,(H,15,16);5-6,13-14H,3-4,7-8H2,1-2H3;4-7,12H,8-9H2,1H3;2-5H,1H3;5-6H,3-4H2;2*1H. The Balaban J connectivity index is 0.00000189. The number of halogens is 3. The first-order chi connectivity index (χ1) is 69.9. The number of aliphatic hydroxyl groups excluding tert-OH is 5. The Morgan fingerprint density at radius 3 is 0.899 bits per heavy atom. The van der Waals surface area contributed by atoms with E-state index in [9.17, 15) is 60.6 Å². The summed E-state index contributed by atoms with van der Waals surface area (Å²) in [6.07, 6.45) is -1.72. The number of rotatable bonds is 37. The number of nitrogens with two attached hydrogens (primary N) is 3. The molecule has 3 amide bonds. The van der Waals surface area contributed by atoms with Gasteiger partial charge in [-0.05, 0) is 170 Å². The van der Waals surface area contributed by atoms with E-state index in [1.807, 2.05) is 121 Å². The molecule has 8 aromatic rings. The second-order valence-corrected chi connectivity index (χ2v) is 33.8. The number of aromatic hydroxyl groups is 2. The largest absolute Gasteiger partial charge is 0.508 e. The van der Waals surface area contributed by atoms with Crippen LogP contribution in [0.3, 0.4) is 0 Å². The lowest BCUT2D eigenvalue weighted by atomic mass is 10.1. The normalized spacial score (nSPS) is 9.92. The number of phenols is 2. The molecule has 0 bridgehead atoms. The molecule has 0 saturated carbocycles. The summed E-state index contributed by atoms with van der Waals surface area (Å²) >= 11 is 0. The number of esters is 4. The Bertz CT molecular complexity index is 5840. The van der Waals surface area contributed by atoms with Gasteiger partial charge < -0.3 is 130 Å². The molecule has 0 aliphatic rings. The summed E-state index contributed by atoms with van der Waals surface area (Å²) in [5.74, 6) is 27.3. The third kappa shape index (κ3) is 57.7. The highest BCUT2D eigenvalue weighted by molar-refractivity contribution is 8.13. The molecule has 0 fully saturated rings. The lowest BCUT2D eigenvalue weighted by Crippen LogP contribution is -2.32. The van der Waals surface area contributed by atoms with Crippen molar-refractivity contribution in [3.05, 3.63) is 236 Å². The maximum absolute atomic E-state index is 12.8. The molecule has 0 aliphatic heterocycles. The molecule has 43 heteroatoms. The molecule has 0 aromatic heterocycles. The van der Waals surface area contributed by atoms with Crippen LogP contribution in [0, 0.1) is 84.9 Å². The Labute approximate surface area is 880 Å². The molecule has 0 spiro atoms. The highest BCUT2D eigenvalue weighted by atomic mass is 35.7. The minimum atomic E-state index is -3.74. The summed E-state index contributed by atoms with van der Waals surface area (Å²) < 4.78 is 118. The van der Waals surface area contributed by atoms with Crippen LogP contribution in [-0.2, 0) is 118 Å². The second-order valence-electron chi connectivity index (χ2n) is 29.6. The van der Waals surface area contributed by atoms with Crippen LogP contribution < -0.4 is 52.1 Å². The van der Waals surface area contributed by atoms with Crippen LogP contribution in [0.5, 0.6) is 34.5 Å². The van der Waals surface area contributed by atoms with Crippen LogP contribution in [0.1, 0.15) is 159 Å². The van der Waals surface area contributed by atoms with Gasteiger partial charge in [0.05, 0.1) is 49.4 Å². The molecule has 0 radical (unpaired) electrons. The molecule has 148 heavy (non-hydrogen) atoms. The fraction of sp³-hybridized carbons (Fsp3) is 0.362. The molecule has 0 saturated heterocycles. The molecule has 804 valence electrons. The van der Waals surface area contributed by atoms with E-state index in [1.165, 1.54) is 60.7 Å². The number of ether oxygens (including phenoxy) is 13. The number of benzene rings is 8. The zero-order valence-corrected chi connectivity index (χ0v) is 88.0. The average Bonchev–Trinajstić information content (AvgIpc) is 0.803. The lowest BCUT2D eigenvalue weighted by molar-refractivity contribution is 0.0504. The first kappa shape index (κ1) is 134. The van der Waals surface area contributed by atoms with E-state index in [0.717, 1.165) is 44.5 Å². The van der Waals surface area contributed by atoms with Crippen molar-refractivity contribution in [2.75, 3.05) is 119 Å². The van der Waals surface area contributed by atoms with Gasteiger partial charge in [0, 0.05) is 74.3 Å². The number of nitrogens with one attached hydrogen (secondary N) is 3. The summed E-state index contributed by atoms with van der Waals surface area (Å²) in [4.78, 5) is 85.9. The zero-order valence-electron chi connectivity index (χ0n) is 84.0. The van der Waals surface area contributed by atoms with Crippen molar-refractivity contribution in [1.29, 1.82) is 0 Å². The number of hydrogen-bond acceptors (Lipinski definition) is 35. The third-order valence-electron chi connectivity index (χ3n) is 17.5. The lowest BCUT2D eigenvalue weighted by Gasteiger charge is -2.19. The summed E-state index contributed by atoms with van der Waals surface area (Å²) in [6, 6.07) is 43.7. The van der Waals surface area contributed by atoms with Gasteiger partial charge in [-0.3, -0.25) is 4.18 Å². The van der Waals surface area contributed by atoms with Crippen molar-refractivity contribution in [3.8, 4) is 106 Å². The highest BCUT2D eigenvalue weighted by Gasteiger charge is 2.26. The minimum absolute atomic E-state index is 0. The van der Waals surface area contributed by atoms with Crippen LogP contribution in [0.4, 0.5) is 14.4 Å². The SMILES string of the molecule is CC(C)(C)OC(=O)NCc1cccc(CN)c1.CCOC(=O)c1cc(OCC#CCO)c(C(=O)OCC)cc1OCC#CCO.CCOC(=O)c1cc(OCC#CCOC(=O)NCc2cccc(CN)c2)c(C(=O)OCC)cc1OCC#CCOC(=O)NCc1cccc(CN)c1.CCOCc1cc(O)c(COCC)cc1O.Cc1ccc(S(=O)(=O)Cl)cc1.Cc1ccc(S(=O)(=O)OCC#CCO)cc1.Cl.Cl.OCC#CCO. The molecule has 0 atom stereocenters. The number of alkyl carbamates (subject to hydrolysis) is 3. The van der Waals surface area contributed by atoms with Gasteiger partial charge in [0.15, 0.2) is 13.2 Å². The number of amides is 3. The number of hydrogen-bond donors (Lipinski definition) is 13. The summed E-state index contributed by atoms with van der Waals surface area (Å²) in [7, 11) is -2.21. The van der Waals surface area contributed by atoms with Gasteiger partial charge in [-0.1, -0.05) is 179 Å². The summed E-state index contributed by atoms with van der Waals surface area (Å²) in [6.45, 7) is 21.3. The van der Waals surface area contributed by atoms with Gasteiger partial charge in [-0.15, -0.1) is 24.8 Å². The van der Waals surface area contributed by atoms with Crippen LogP contribution in [0.25, 0.3) is 0 Å². The van der Waals surface area contributed by atoms with Crippen molar-refractivity contribution < 1.29 is 152 Å². The maximum atomic E-state index is 12.8. The number of carbonyl (C=O) groups excluding carboxylic acids is 7. The number of phenolic OH excluding ortho intramolecular Hbond substituents is 2. The van der Waals surface area contributed by atoms with Gasteiger partial charge in [0.1, 0.15) is 128 Å². The predicted octanol–water partition coefficient (Wildman–Crippen LogP) is 11.1. The summed E-state index contributed by atoms with van der Waals surface area (Å²) in [5, 5.41) is 69.0. The highest BCUT2D eigenvalue weighted by Crippen LogP contribution is 2.34. The predicted molar refractivity (Wildman–Crippen MR) is 557 cm³/mol. The Morgan fingerprint density at radius 1 is 0.351 bits per heavy atom. The van der Waals surface area contributed by atoms with E-state index in [1.54, 1.807) is 52.0 Å². The number of aryl methyl sites for hydroxylation is 2. The molecule has 8 aromatic carbocycles. The van der Waals surface area contributed by atoms with Crippen molar-refractivity contribution in [1.82, 2.24) is 16.0 Å². The van der Waals surface area contributed by atoms with Gasteiger partial charge in [0.2, 0.25) is 0 Å². The van der Waals surface area contributed by atoms with Crippen LogP contribution >= 0.6 is 35.5 Å². The van der Waals surface area contributed by atoms with E-state index in [0.29, 0.717) is 63.7 Å². The Kier molecular flexibility index (Phi) is 70.8. The Morgan fingerprint density at radius 2 is 0.622 bits per heavy atom. The van der Waals surface area contributed by atoms with E-state index in [4.69, 9.17) is 115 Å². The molecule has 16 N–H and O–H groups in total. The quantitative estimate of drug-likeness (QED) is 0.00429. The second kappa shape index (κ2) is 78.3. The maximum Gasteiger partial charge on any atom is 0.408 e. The first-order valence-electron chi connectivity index (χ1n) is 45.1. The van der Waals surface area contributed by atoms with Crippen molar-refractivity contribution in [2.24, 2.45) is 17.2 Å². The minimum Gasteiger partial charge on any atom is -0.508 e. The van der Waals surface area contributed by atoms with Gasteiger partial charge in [-0.25, -0.2) is 42.0 Å². The monoisotopic (exact) mass is 2150 g/mol. The van der Waals surface area contributed by atoms with Crippen LogP contribution in [0.2, 0.25) is 0 Å². The van der Waals surface area contributed by atoms with Crippen molar-refractivity contribution >= 4 is 96.8 Å². The van der Waals surface area contributed by atoms with Crippen LogP contribution in [-0.4, -0.2) is 219 Å². The first-order valence-corrected chi connectivity index (χ1v) is 48.8. The average molecular weight is 2160 g/mol. The molecule has 38 nitrogen and oxygen atoms in total. The van der Waals surface area contributed by atoms with Gasteiger partial charge >= 0.3 is 42.2 Å². The third-order valence-corrected chi connectivity index (χ3v) is 20.2. The van der Waals surface area contributed by atoms with E-state index in [-0.39, 0.29) is 210 Å². The van der Waals surface area contributed by atoms with E-state index >= 15 is 0 Å². The van der Waals surface area contributed by atoms with Gasteiger partial charge in [0.25, 0.3) is 19.2 Å². The topological polar surface area (TPSA) is 573 Å².